The van der Waals surface area contributed by atoms with Gasteiger partial charge in [0.1, 0.15) is 0 Å². The van der Waals surface area contributed by atoms with Crippen LogP contribution in [0.2, 0.25) is 0 Å². The van der Waals surface area contributed by atoms with Gasteiger partial charge >= 0.3 is 0 Å². The molecule has 2 rings (SSSR count). The Morgan fingerprint density at radius 2 is 1.89 bits per heavy atom. The van der Waals surface area contributed by atoms with Crippen molar-refractivity contribution in [2.24, 2.45) is 4.99 Å². The maximum Gasteiger partial charge on any atom is 0.191 e. The van der Waals surface area contributed by atoms with Gasteiger partial charge in [-0.1, -0.05) is 19.3 Å². The number of halogens is 1. The summed E-state index contributed by atoms with van der Waals surface area (Å²) < 4.78 is 11.2. The van der Waals surface area contributed by atoms with Crippen molar-refractivity contribution in [3.05, 3.63) is 0 Å². The van der Waals surface area contributed by atoms with Crippen LogP contribution in [-0.4, -0.2) is 76.1 Å². The number of aliphatic imine (C=N–C) groups is 1. The first-order valence-corrected chi connectivity index (χ1v) is 10.7. The number of rotatable bonds is 11. The summed E-state index contributed by atoms with van der Waals surface area (Å²) in [6, 6.07) is 0.551. The van der Waals surface area contributed by atoms with Crippen LogP contribution in [0.4, 0.5) is 0 Å². The standard InChI is InChI=1S/C20H40N4O2.HI/c1-3-21-20(22-12-8-15-26-19-10-5-4-6-11-19)23-17-18-9-7-13-24(18)14-16-25-2;/h18-19H,3-17H2,1-2H3,(H2,21,22,23);1H. The molecule has 2 aliphatic rings. The molecule has 1 saturated heterocycles. The fraction of sp³-hybridized carbons (Fsp3) is 0.950. The molecule has 1 heterocycles. The molecule has 1 aliphatic carbocycles. The number of hydrogen-bond donors (Lipinski definition) is 2. The normalized spacial score (nSPS) is 21.9. The molecule has 0 spiro atoms. The quantitative estimate of drug-likeness (QED) is 0.199. The zero-order valence-corrected chi connectivity index (χ0v) is 19.7. The van der Waals surface area contributed by atoms with E-state index < -0.39 is 0 Å². The molecule has 2 fully saturated rings. The van der Waals surface area contributed by atoms with Crippen LogP contribution in [0.15, 0.2) is 4.99 Å². The Balaban J connectivity index is 0.00000364. The number of hydrogen-bond acceptors (Lipinski definition) is 4. The van der Waals surface area contributed by atoms with Crippen LogP contribution in [0.3, 0.4) is 0 Å². The summed E-state index contributed by atoms with van der Waals surface area (Å²) in [6.45, 7) is 8.62. The van der Waals surface area contributed by atoms with Crippen molar-refractivity contribution in [3.8, 4) is 0 Å². The SMILES string of the molecule is CCNC(=NCC1CCCN1CCOC)NCCCOC1CCCCC1.I. The van der Waals surface area contributed by atoms with E-state index in [1.54, 1.807) is 7.11 Å². The largest absolute Gasteiger partial charge is 0.383 e. The van der Waals surface area contributed by atoms with E-state index in [1.165, 1.54) is 51.5 Å². The topological polar surface area (TPSA) is 58.1 Å². The highest BCUT2D eigenvalue weighted by Crippen LogP contribution is 2.20. The fourth-order valence-corrected chi connectivity index (χ4v) is 3.90. The van der Waals surface area contributed by atoms with Crippen molar-refractivity contribution >= 4 is 29.9 Å². The Labute approximate surface area is 183 Å². The van der Waals surface area contributed by atoms with Crippen LogP contribution in [0, 0.1) is 0 Å². The van der Waals surface area contributed by atoms with Crippen LogP contribution < -0.4 is 10.6 Å². The first-order valence-electron chi connectivity index (χ1n) is 10.7. The van der Waals surface area contributed by atoms with E-state index in [0.717, 1.165) is 51.8 Å². The Kier molecular flexibility index (Phi) is 14.5. The van der Waals surface area contributed by atoms with Crippen molar-refractivity contribution in [2.45, 2.75) is 70.4 Å². The van der Waals surface area contributed by atoms with Gasteiger partial charge in [-0.3, -0.25) is 9.89 Å². The van der Waals surface area contributed by atoms with Gasteiger partial charge in [0, 0.05) is 39.4 Å². The smallest absolute Gasteiger partial charge is 0.191 e. The lowest BCUT2D eigenvalue weighted by molar-refractivity contribution is 0.0277. The van der Waals surface area contributed by atoms with Crippen LogP contribution in [0.1, 0.15) is 58.3 Å². The minimum atomic E-state index is 0. The van der Waals surface area contributed by atoms with Crippen LogP contribution in [0.5, 0.6) is 0 Å². The summed E-state index contributed by atoms with van der Waals surface area (Å²) in [5.74, 6) is 0.934. The number of nitrogens with one attached hydrogen (secondary N) is 2. The highest BCUT2D eigenvalue weighted by molar-refractivity contribution is 14.0. The third kappa shape index (κ3) is 10.3. The highest BCUT2D eigenvalue weighted by atomic mass is 127. The van der Waals surface area contributed by atoms with Gasteiger partial charge in [-0.2, -0.15) is 0 Å². The molecular weight excluding hydrogens is 455 g/mol. The molecular formula is C20H41IN4O2. The first-order chi connectivity index (χ1) is 12.8. The number of nitrogens with zero attached hydrogens (tertiary/aromatic N) is 2. The lowest BCUT2D eigenvalue weighted by Crippen LogP contribution is -2.40. The third-order valence-corrected chi connectivity index (χ3v) is 5.41. The second kappa shape index (κ2) is 15.8. The zero-order chi connectivity index (χ0) is 18.5. The van der Waals surface area contributed by atoms with E-state index in [-0.39, 0.29) is 24.0 Å². The Morgan fingerprint density at radius 3 is 2.63 bits per heavy atom. The summed E-state index contributed by atoms with van der Waals surface area (Å²) in [5, 5.41) is 6.82. The van der Waals surface area contributed by atoms with E-state index >= 15 is 0 Å². The van der Waals surface area contributed by atoms with E-state index in [4.69, 9.17) is 14.5 Å². The lowest BCUT2D eigenvalue weighted by atomic mass is 9.98. The number of ether oxygens (including phenoxy) is 2. The number of likely N-dealkylation sites (tertiary alicyclic amines) is 1. The monoisotopic (exact) mass is 496 g/mol. The third-order valence-electron chi connectivity index (χ3n) is 5.41. The molecule has 1 atom stereocenters. The van der Waals surface area contributed by atoms with Crippen molar-refractivity contribution in [1.82, 2.24) is 15.5 Å². The molecule has 6 nitrogen and oxygen atoms in total. The Hall–Kier alpha value is -0.120. The van der Waals surface area contributed by atoms with Crippen molar-refractivity contribution in [3.63, 3.8) is 0 Å². The molecule has 0 bridgehead atoms. The van der Waals surface area contributed by atoms with Crippen LogP contribution in [0.25, 0.3) is 0 Å². The van der Waals surface area contributed by atoms with Gasteiger partial charge in [-0.05, 0) is 45.6 Å². The van der Waals surface area contributed by atoms with Gasteiger partial charge in [0.2, 0.25) is 0 Å². The number of guanidine groups is 1. The average molecular weight is 496 g/mol. The van der Waals surface area contributed by atoms with Crippen molar-refractivity contribution in [2.75, 3.05) is 53.0 Å². The summed E-state index contributed by atoms with van der Waals surface area (Å²) in [7, 11) is 1.77. The molecule has 160 valence electrons. The minimum Gasteiger partial charge on any atom is -0.383 e. The summed E-state index contributed by atoms with van der Waals surface area (Å²) >= 11 is 0. The first kappa shape index (κ1) is 24.9. The fourth-order valence-electron chi connectivity index (χ4n) is 3.90. The van der Waals surface area contributed by atoms with Gasteiger partial charge in [-0.25, -0.2) is 0 Å². The van der Waals surface area contributed by atoms with Gasteiger partial charge in [-0.15, -0.1) is 24.0 Å². The molecule has 0 amide bonds. The van der Waals surface area contributed by atoms with E-state index in [9.17, 15) is 0 Å². The molecule has 1 saturated carbocycles. The maximum atomic E-state index is 6.00. The van der Waals surface area contributed by atoms with Gasteiger partial charge < -0.3 is 20.1 Å². The molecule has 0 aromatic rings. The molecule has 1 unspecified atom stereocenters. The molecule has 0 radical (unpaired) electrons. The van der Waals surface area contributed by atoms with Gasteiger partial charge in [0.05, 0.1) is 19.3 Å². The summed E-state index contributed by atoms with van der Waals surface area (Å²) in [5.41, 5.74) is 0. The van der Waals surface area contributed by atoms with E-state index in [1.807, 2.05) is 0 Å². The summed E-state index contributed by atoms with van der Waals surface area (Å²) in [6.07, 6.45) is 10.6. The van der Waals surface area contributed by atoms with Gasteiger partial charge in [0.15, 0.2) is 5.96 Å². The lowest BCUT2D eigenvalue weighted by Gasteiger charge is -2.23. The van der Waals surface area contributed by atoms with Crippen molar-refractivity contribution < 1.29 is 9.47 Å². The van der Waals surface area contributed by atoms with Crippen LogP contribution >= 0.6 is 24.0 Å². The predicted octanol–water partition coefficient (Wildman–Crippen LogP) is 3.01. The maximum absolute atomic E-state index is 6.00. The molecule has 7 heteroatoms. The van der Waals surface area contributed by atoms with E-state index in [2.05, 4.69) is 22.5 Å². The van der Waals surface area contributed by atoms with Crippen LogP contribution in [-0.2, 0) is 9.47 Å². The molecule has 1 aliphatic heterocycles. The Morgan fingerprint density at radius 1 is 1.07 bits per heavy atom. The minimum absolute atomic E-state index is 0. The predicted molar refractivity (Wildman–Crippen MR) is 123 cm³/mol. The Bertz CT molecular complexity index is 392. The molecule has 27 heavy (non-hydrogen) atoms. The second-order valence-corrected chi connectivity index (χ2v) is 7.46. The second-order valence-electron chi connectivity index (χ2n) is 7.46. The van der Waals surface area contributed by atoms with E-state index in [0.29, 0.717) is 12.1 Å². The average Bonchev–Trinajstić information content (AvgIpc) is 3.12. The zero-order valence-electron chi connectivity index (χ0n) is 17.4. The summed E-state index contributed by atoms with van der Waals surface area (Å²) in [4.78, 5) is 7.32. The highest BCUT2D eigenvalue weighted by Gasteiger charge is 2.23. The number of methoxy groups -OCH3 is 1. The molecule has 2 N–H and O–H groups in total. The molecule has 0 aromatic carbocycles. The van der Waals surface area contributed by atoms with Crippen molar-refractivity contribution in [1.29, 1.82) is 0 Å². The van der Waals surface area contributed by atoms with Gasteiger partial charge in [0.25, 0.3) is 0 Å². The molecule has 0 aromatic heterocycles.